The molecule has 8 heteroatoms. The molecule has 1 heterocycles. The van der Waals surface area contributed by atoms with Crippen LogP contribution in [0.3, 0.4) is 0 Å². The molecule has 2 N–H and O–H groups in total. The minimum atomic E-state index is -1.04. The molecule has 1 aliphatic rings. The Morgan fingerprint density at radius 1 is 1.33 bits per heavy atom. The third-order valence-corrected chi connectivity index (χ3v) is 4.05. The van der Waals surface area contributed by atoms with Gasteiger partial charge in [0, 0.05) is 18.4 Å². The molecule has 1 aromatic rings. The molecule has 0 bridgehead atoms. The molecular weight excluding hydrogens is 302 g/mol. The fourth-order valence-electron chi connectivity index (χ4n) is 2.02. The lowest BCUT2D eigenvalue weighted by Crippen LogP contribution is -2.47. The third-order valence-electron chi connectivity index (χ3n) is 3.04. The number of aliphatic carboxylic acids is 1. The third kappa shape index (κ3) is 4.07. The number of carbonyl (C=O) groups is 2. The first-order valence-electron chi connectivity index (χ1n) is 6.27. The molecule has 21 heavy (non-hydrogen) atoms. The van der Waals surface area contributed by atoms with Crippen LogP contribution in [-0.4, -0.2) is 46.2 Å². The number of urea groups is 1. The average molecular weight is 316 g/mol. The largest absolute Gasteiger partial charge is 0.480 e. The topological polar surface area (TPSA) is 69.6 Å². The van der Waals surface area contributed by atoms with Crippen molar-refractivity contribution in [1.29, 1.82) is 0 Å². The molecular formula is C13H14F2N2O3S. The van der Waals surface area contributed by atoms with E-state index < -0.39 is 29.7 Å². The molecule has 0 saturated carbocycles. The van der Waals surface area contributed by atoms with Gasteiger partial charge in [-0.1, -0.05) is 0 Å². The van der Waals surface area contributed by atoms with E-state index in [0.717, 1.165) is 6.07 Å². The van der Waals surface area contributed by atoms with Crippen molar-refractivity contribution in [3.8, 4) is 0 Å². The van der Waals surface area contributed by atoms with Crippen molar-refractivity contribution in [3.63, 3.8) is 0 Å². The Balaban J connectivity index is 1.85. The van der Waals surface area contributed by atoms with Gasteiger partial charge in [-0.05, 0) is 24.1 Å². The SMILES string of the molecule is O=C(O)C1CSCN1C(=O)NCCc1cc(F)cc(F)c1. The van der Waals surface area contributed by atoms with E-state index in [9.17, 15) is 18.4 Å². The molecule has 0 aliphatic carbocycles. The summed E-state index contributed by atoms with van der Waals surface area (Å²) in [4.78, 5) is 24.1. The van der Waals surface area contributed by atoms with Crippen LogP contribution >= 0.6 is 11.8 Å². The lowest BCUT2D eigenvalue weighted by atomic mass is 10.1. The quantitative estimate of drug-likeness (QED) is 0.887. The van der Waals surface area contributed by atoms with Crippen molar-refractivity contribution in [3.05, 3.63) is 35.4 Å². The van der Waals surface area contributed by atoms with E-state index in [1.165, 1.54) is 28.8 Å². The summed E-state index contributed by atoms with van der Waals surface area (Å²) in [6.07, 6.45) is 0.263. The van der Waals surface area contributed by atoms with E-state index in [1.807, 2.05) is 0 Å². The maximum Gasteiger partial charge on any atom is 0.327 e. The van der Waals surface area contributed by atoms with Crippen molar-refractivity contribution < 1.29 is 23.5 Å². The predicted octanol–water partition coefficient (Wildman–Crippen LogP) is 1.68. The van der Waals surface area contributed by atoms with Gasteiger partial charge in [-0.15, -0.1) is 11.8 Å². The summed E-state index contributed by atoms with van der Waals surface area (Å²) < 4.78 is 26.0. The summed E-state index contributed by atoms with van der Waals surface area (Å²) in [5, 5.41) is 11.5. The number of carboxylic acids is 1. The summed E-state index contributed by atoms with van der Waals surface area (Å²) in [5.41, 5.74) is 0.429. The van der Waals surface area contributed by atoms with Crippen molar-refractivity contribution in [2.24, 2.45) is 0 Å². The van der Waals surface area contributed by atoms with Gasteiger partial charge in [-0.2, -0.15) is 0 Å². The monoisotopic (exact) mass is 316 g/mol. The fraction of sp³-hybridized carbons (Fsp3) is 0.385. The van der Waals surface area contributed by atoms with Crippen LogP contribution in [0.1, 0.15) is 5.56 Å². The second-order valence-corrected chi connectivity index (χ2v) is 5.58. The zero-order valence-corrected chi connectivity index (χ0v) is 11.8. The molecule has 1 fully saturated rings. The minimum absolute atomic E-state index is 0.176. The Kier molecular flexibility index (Phi) is 5.00. The van der Waals surface area contributed by atoms with Crippen LogP contribution in [0.15, 0.2) is 18.2 Å². The summed E-state index contributed by atoms with van der Waals surface area (Å²) in [5.74, 6) is -1.70. The van der Waals surface area contributed by atoms with E-state index in [-0.39, 0.29) is 13.0 Å². The average Bonchev–Trinajstić information content (AvgIpc) is 2.86. The molecule has 1 saturated heterocycles. The van der Waals surface area contributed by atoms with Gasteiger partial charge in [0.25, 0.3) is 0 Å². The Morgan fingerprint density at radius 3 is 2.62 bits per heavy atom. The molecule has 1 aromatic carbocycles. The fourth-order valence-corrected chi connectivity index (χ4v) is 3.16. The van der Waals surface area contributed by atoms with E-state index in [1.54, 1.807) is 0 Å². The van der Waals surface area contributed by atoms with Crippen LogP contribution in [0.25, 0.3) is 0 Å². The Labute approximate surface area is 124 Å². The molecule has 2 amide bonds. The minimum Gasteiger partial charge on any atom is -0.480 e. The number of hydrogen-bond donors (Lipinski definition) is 2. The number of amides is 2. The number of thioether (sulfide) groups is 1. The van der Waals surface area contributed by atoms with Gasteiger partial charge in [0.1, 0.15) is 17.7 Å². The van der Waals surface area contributed by atoms with Crippen LogP contribution < -0.4 is 5.32 Å². The Hall–Kier alpha value is -1.83. The maximum atomic E-state index is 13.0. The van der Waals surface area contributed by atoms with Gasteiger partial charge in [-0.3, -0.25) is 0 Å². The maximum absolute atomic E-state index is 13.0. The highest BCUT2D eigenvalue weighted by Gasteiger charge is 2.34. The second-order valence-electron chi connectivity index (χ2n) is 4.58. The molecule has 0 spiro atoms. The van der Waals surface area contributed by atoms with E-state index >= 15 is 0 Å². The van der Waals surface area contributed by atoms with Gasteiger partial charge in [-0.25, -0.2) is 18.4 Å². The van der Waals surface area contributed by atoms with Crippen LogP contribution in [0.4, 0.5) is 13.6 Å². The van der Waals surface area contributed by atoms with Crippen molar-refractivity contribution in [2.75, 3.05) is 18.2 Å². The lowest BCUT2D eigenvalue weighted by molar-refractivity contribution is -0.140. The van der Waals surface area contributed by atoms with Gasteiger partial charge in [0.2, 0.25) is 0 Å². The Bertz CT molecular complexity index is 536. The predicted molar refractivity (Wildman–Crippen MR) is 74.0 cm³/mol. The first-order valence-corrected chi connectivity index (χ1v) is 7.43. The number of halogens is 2. The Morgan fingerprint density at radius 2 is 2.00 bits per heavy atom. The lowest BCUT2D eigenvalue weighted by Gasteiger charge is -2.20. The number of nitrogens with one attached hydrogen (secondary N) is 1. The van der Waals surface area contributed by atoms with Gasteiger partial charge < -0.3 is 15.3 Å². The zero-order valence-electron chi connectivity index (χ0n) is 11.0. The number of nitrogens with zero attached hydrogens (tertiary/aromatic N) is 1. The normalized spacial score (nSPS) is 17.8. The van der Waals surface area contributed by atoms with E-state index in [4.69, 9.17) is 5.11 Å². The summed E-state index contributed by atoms with van der Waals surface area (Å²) in [6.45, 7) is 0.176. The molecule has 1 unspecified atom stereocenters. The highest BCUT2D eigenvalue weighted by molar-refractivity contribution is 7.99. The van der Waals surface area contributed by atoms with Gasteiger partial charge >= 0.3 is 12.0 Å². The van der Waals surface area contributed by atoms with Gasteiger partial charge in [0.15, 0.2) is 0 Å². The van der Waals surface area contributed by atoms with Crippen LogP contribution in [-0.2, 0) is 11.2 Å². The first kappa shape index (κ1) is 15.6. The zero-order chi connectivity index (χ0) is 15.4. The van der Waals surface area contributed by atoms with E-state index in [2.05, 4.69) is 5.32 Å². The number of rotatable bonds is 4. The van der Waals surface area contributed by atoms with E-state index in [0.29, 0.717) is 17.2 Å². The van der Waals surface area contributed by atoms with Crippen LogP contribution in [0.5, 0.6) is 0 Å². The molecule has 1 atom stereocenters. The van der Waals surface area contributed by atoms with Gasteiger partial charge in [0.05, 0.1) is 5.88 Å². The molecule has 0 radical (unpaired) electrons. The van der Waals surface area contributed by atoms with Crippen molar-refractivity contribution in [1.82, 2.24) is 10.2 Å². The van der Waals surface area contributed by atoms with Crippen LogP contribution in [0.2, 0.25) is 0 Å². The highest BCUT2D eigenvalue weighted by atomic mass is 32.2. The smallest absolute Gasteiger partial charge is 0.327 e. The number of benzene rings is 1. The van der Waals surface area contributed by atoms with Crippen molar-refractivity contribution in [2.45, 2.75) is 12.5 Å². The molecule has 114 valence electrons. The molecule has 2 rings (SSSR count). The molecule has 0 aromatic heterocycles. The highest BCUT2D eigenvalue weighted by Crippen LogP contribution is 2.20. The number of hydrogen-bond acceptors (Lipinski definition) is 3. The first-order chi connectivity index (χ1) is 9.97. The summed E-state index contributed by atoms with van der Waals surface area (Å²) in [7, 11) is 0. The van der Waals surface area contributed by atoms with Crippen molar-refractivity contribution >= 4 is 23.8 Å². The summed E-state index contributed by atoms with van der Waals surface area (Å²) in [6, 6.07) is 1.86. The standard InChI is InChI=1S/C13H14F2N2O3S/c14-9-3-8(4-10(15)5-9)1-2-16-13(20)17-7-21-6-11(17)12(18)19/h3-5,11H,1-2,6-7H2,(H,16,20)(H,18,19). The molecule has 1 aliphatic heterocycles. The number of carbonyl (C=O) groups excluding carboxylic acids is 1. The molecule has 5 nitrogen and oxygen atoms in total. The summed E-state index contributed by atoms with van der Waals surface area (Å²) >= 11 is 1.37. The van der Waals surface area contributed by atoms with Crippen LogP contribution in [0, 0.1) is 11.6 Å². The second kappa shape index (κ2) is 6.75. The number of carboxylic acid groups (broad SMARTS) is 1.